The lowest BCUT2D eigenvalue weighted by Crippen LogP contribution is -2.39. The van der Waals surface area contributed by atoms with Gasteiger partial charge < -0.3 is 16.0 Å². The number of hydrogen-bond donors (Lipinski definition) is 3. The average molecular weight is 335 g/mol. The summed E-state index contributed by atoms with van der Waals surface area (Å²) >= 11 is 5.94. The maximum absolute atomic E-state index is 12.1. The molecule has 4 N–H and O–H groups in total. The Balaban J connectivity index is 2.71. The molecule has 0 spiro atoms. The minimum absolute atomic E-state index is 0.0476. The van der Waals surface area contributed by atoms with E-state index >= 15 is 0 Å². The van der Waals surface area contributed by atoms with Crippen LogP contribution in [0.1, 0.15) is 5.56 Å². The first-order valence-corrected chi connectivity index (χ1v) is 8.01. The van der Waals surface area contributed by atoms with Crippen molar-refractivity contribution in [3.05, 3.63) is 22.7 Å². The Morgan fingerprint density at radius 2 is 1.95 bits per heavy atom. The number of amides is 2. The van der Waals surface area contributed by atoms with E-state index in [4.69, 9.17) is 17.3 Å². The van der Waals surface area contributed by atoms with Crippen molar-refractivity contribution in [2.24, 2.45) is 0 Å². The quantitative estimate of drug-likeness (QED) is 0.546. The second-order valence-corrected chi connectivity index (χ2v) is 6.81. The number of nitrogens with zero attached hydrogens (tertiary/aromatic N) is 1. The van der Waals surface area contributed by atoms with Crippen LogP contribution in [0.15, 0.2) is 17.0 Å². The molecule has 0 aliphatic rings. The summed E-state index contributed by atoms with van der Waals surface area (Å²) in [6.45, 7) is 1.95. The van der Waals surface area contributed by atoms with E-state index in [0.29, 0.717) is 11.3 Å². The summed E-state index contributed by atoms with van der Waals surface area (Å²) in [5.41, 5.74) is 6.75. The lowest BCUT2D eigenvalue weighted by atomic mass is 10.2. The van der Waals surface area contributed by atoms with Gasteiger partial charge in [-0.15, -0.1) is 0 Å². The number of nitrogens with two attached hydrogens (primary N) is 1. The van der Waals surface area contributed by atoms with E-state index in [0.717, 1.165) is 0 Å². The van der Waals surface area contributed by atoms with Gasteiger partial charge in [0.1, 0.15) is 4.90 Å². The fourth-order valence-electron chi connectivity index (χ4n) is 1.47. The van der Waals surface area contributed by atoms with Crippen LogP contribution in [0.25, 0.3) is 0 Å². The molecule has 0 aromatic heterocycles. The monoisotopic (exact) mass is 334 g/mol. The van der Waals surface area contributed by atoms with Crippen LogP contribution < -0.4 is 15.8 Å². The van der Waals surface area contributed by atoms with E-state index in [9.17, 15) is 13.2 Å². The van der Waals surface area contributed by atoms with Gasteiger partial charge in [0, 0.05) is 32.9 Å². The SMILES string of the molecule is Cc1cc(Cl)c(S(=O)(=O)NCCNC(=O)N(C)C)cc1N. The predicted octanol–water partition coefficient (Wildman–Crippen LogP) is 0.780. The molecule has 0 heterocycles. The molecule has 0 aliphatic heterocycles. The molecule has 0 saturated carbocycles. The van der Waals surface area contributed by atoms with Crippen LogP contribution in [0.3, 0.4) is 0 Å². The first-order valence-electron chi connectivity index (χ1n) is 6.15. The number of benzene rings is 1. The van der Waals surface area contributed by atoms with Crippen LogP contribution in [-0.4, -0.2) is 46.5 Å². The molecular weight excluding hydrogens is 316 g/mol. The number of aryl methyl sites for hydroxylation is 1. The van der Waals surface area contributed by atoms with E-state index < -0.39 is 10.0 Å². The number of urea groups is 1. The third kappa shape index (κ3) is 4.76. The molecule has 1 aromatic carbocycles. The maximum atomic E-state index is 12.1. The van der Waals surface area contributed by atoms with E-state index in [1.54, 1.807) is 21.0 Å². The topological polar surface area (TPSA) is 105 Å². The molecule has 0 saturated heterocycles. The summed E-state index contributed by atoms with van der Waals surface area (Å²) in [6, 6.07) is 2.52. The standard InChI is InChI=1S/C12H19ClN4O3S/c1-8-6-9(13)11(7-10(8)14)21(19,20)16-5-4-15-12(18)17(2)3/h6-7,16H,4-5,14H2,1-3H3,(H,15,18). The molecule has 0 fully saturated rings. The van der Waals surface area contributed by atoms with Gasteiger partial charge in [-0.3, -0.25) is 0 Å². The normalized spacial score (nSPS) is 11.2. The number of hydrogen-bond acceptors (Lipinski definition) is 4. The number of carbonyl (C=O) groups excluding carboxylic acids is 1. The predicted molar refractivity (Wildman–Crippen MR) is 82.9 cm³/mol. The maximum Gasteiger partial charge on any atom is 0.316 e. The highest BCUT2D eigenvalue weighted by Crippen LogP contribution is 2.26. The highest BCUT2D eigenvalue weighted by atomic mass is 35.5. The van der Waals surface area contributed by atoms with Crippen LogP contribution >= 0.6 is 11.6 Å². The van der Waals surface area contributed by atoms with E-state index in [-0.39, 0.29) is 29.0 Å². The van der Waals surface area contributed by atoms with Gasteiger partial charge >= 0.3 is 6.03 Å². The molecule has 7 nitrogen and oxygen atoms in total. The van der Waals surface area contributed by atoms with Crippen LogP contribution in [0.5, 0.6) is 0 Å². The molecule has 0 aliphatic carbocycles. The van der Waals surface area contributed by atoms with Crippen molar-refractivity contribution in [2.75, 3.05) is 32.9 Å². The van der Waals surface area contributed by atoms with Gasteiger partial charge in [0.25, 0.3) is 0 Å². The average Bonchev–Trinajstić information content (AvgIpc) is 2.38. The molecule has 0 atom stereocenters. The Morgan fingerprint density at radius 3 is 2.52 bits per heavy atom. The molecule has 1 rings (SSSR count). The highest BCUT2D eigenvalue weighted by molar-refractivity contribution is 7.89. The van der Waals surface area contributed by atoms with Crippen molar-refractivity contribution in [3.63, 3.8) is 0 Å². The fourth-order valence-corrected chi connectivity index (χ4v) is 3.11. The molecule has 1 aromatic rings. The minimum atomic E-state index is -3.78. The fraction of sp³-hybridized carbons (Fsp3) is 0.417. The number of nitrogen functional groups attached to an aromatic ring is 1. The Labute approximate surface area is 129 Å². The van der Waals surface area contributed by atoms with E-state index in [2.05, 4.69) is 10.0 Å². The molecule has 0 unspecified atom stereocenters. The lowest BCUT2D eigenvalue weighted by molar-refractivity contribution is 0.217. The number of anilines is 1. The summed E-state index contributed by atoms with van der Waals surface area (Å²) in [5, 5.41) is 2.65. The van der Waals surface area contributed by atoms with Gasteiger partial charge in [-0.25, -0.2) is 17.9 Å². The van der Waals surface area contributed by atoms with E-state index in [1.807, 2.05) is 0 Å². The lowest BCUT2D eigenvalue weighted by Gasteiger charge is -2.13. The number of halogens is 1. The molecular formula is C12H19ClN4O3S. The summed E-state index contributed by atoms with van der Waals surface area (Å²) in [7, 11) is -0.592. The van der Waals surface area contributed by atoms with Crippen LogP contribution in [-0.2, 0) is 10.0 Å². The number of sulfonamides is 1. The van der Waals surface area contributed by atoms with Gasteiger partial charge in [-0.1, -0.05) is 11.6 Å². The number of nitrogens with one attached hydrogen (secondary N) is 2. The van der Waals surface area contributed by atoms with Crippen LogP contribution in [0.4, 0.5) is 10.5 Å². The molecule has 21 heavy (non-hydrogen) atoms. The van der Waals surface area contributed by atoms with Crippen molar-refractivity contribution in [3.8, 4) is 0 Å². The van der Waals surface area contributed by atoms with Crippen molar-refractivity contribution in [1.82, 2.24) is 14.9 Å². The number of carbonyl (C=O) groups is 1. The molecule has 0 bridgehead atoms. The van der Waals surface area contributed by atoms with Crippen LogP contribution in [0, 0.1) is 6.92 Å². The zero-order valence-corrected chi connectivity index (χ0v) is 13.7. The highest BCUT2D eigenvalue weighted by Gasteiger charge is 2.18. The summed E-state index contributed by atoms with van der Waals surface area (Å²) in [5.74, 6) is 0. The second kappa shape index (κ2) is 6.97. The Kier molecular flexibility index (Phi) is 5.82. The number of rotatable bonds is 5. The first kappa shape index (κ1) is 17.5. The van der Waals surface area contributed by atoms with Crippen molar-refractivity contribution in [2.45, 2.75) is 11.8 Å². The molecule has 118 valence electrons. The molecule has 2 amide bonds. The Morgan fingerprint density at radius 1 is 1.33 bits per heavy atom. The second-order valence-electron chi connectivity index (χ2n) is 4.66. The Hall–Kier alpha value is -1.51. The van der Waals surface area contributed by atoms with Crippen molar-refractivity contribution in [1.29, 1.82) is 0 Å². The van der Waals surface area contributed by atoms with Gasteiger partial charge in [0.05, 0.1) is 5.02 Å². The smallest absolute Gasteiger partial charge is 0.316 e. The third-order valence-corrected chi connectivity index (χ3v) is 4.64. The summed E-state index contributed by atoms with van der Waals surface area (Å²) in [4.78, 5) is 12.5. The summed E-state index contributed by atoms with van der Waals surface area (Å²) in [6.07, 6.45) is 0. The molecule has 0 radical (unpaired) electrons. The summed E-state index contributed by atoms with van der Waals surface area (Å²) < 4.78 is 26.6. The zero-order chi connectivity index (χ0) is 16.2. The van der Waals surface area contributed by atoms with Crippen molar-refractivity contribution >= 4 is 33.3 Å². The van der Waals surface area contributed by atoms with Crippen molar-refractivity contribution < 1.29 is 13.2 Å². The van der Waals surface area contributed by atoms with E-state index in [1.165, 1.54) is 17.0 Å². The minimum Gasteiger partial charge on any atom is -0.398 e. The van der Waals surface area contributed by atoms with Gasteiger partial charge in [0.2, 0.25) is 10.0 Å². The van der Waals surface area contributed by atoms with Gasteiger partial charge in [0.15, 0.2) is 0 Å². The van der Waals surface area contributed by atoms with Gasteiger partial charge in [-0.2, -0.15) is 0 Å². The Bertz CT molecular complexity index is 632. The van der Waals surface area contributed by atoms with Crippen LogP contribution in [0.2, 0.25) is 5.02 Å². The zero-order valence-electron chi connectivity index (χ0n) is 12.1. The largest absolute Gasteiger partial charge is 0.398 e. The molecule has 9 heteroatoms. The van der Waals surface area contributed by atoms with Gasteiger partial charge in [-0.05, 0) is 24.6 Å². The first-order chi connectivity index (χ1) is 9.65. The third-order valence-electron chi connectivity index (χ3n) is 2.71.